The summed E-state index contributed by atoms with van der Waals surface area (Å²) in [5.74, 6) is 0.902. The van der Waals surface area contributed by atoms with E-state index < -0.39 is 0 Å². The van der Waals surface area contributed by atoms with Gasteiger partial charge in [-0.15, -0.1) is 0 Å². The monoisotopic (exact) mass is 365 g/mol. The minimum Gasteiger partial charge on any atom is -0.301 e. The van der Waals surface area contributed by atoms with E-state index in [1.165, 1.54) is 65.0 Å². The predicted octanol–water partition coefficient (Wildman–Crippen LogP) is 4.72. The summed E-state index contributed by atoms with van der Waals surface area (Å²) in [6.07, 6.45) is 5.41. The molecule has 0 N–H and O–H groups in total. The van der Waals surface area contributed by atoms with Crippen LogP contribution in [0.4, 0.5) is 0 Å². The van der Waals surface area contributed by atoms with E-state index in [2.05, 4.69) is 70.1 Å². The number of likely N-dealkylation sites (tertiary alicyclic amines) is 1. The van der Waals surface area contributed by atoms with E-state index in [1.54, 1.807) is 0 Å². The summed E-state index contributed by atoms with van der Waals surface area (Å²) >= 11 is 0. The lowest BCUT2D eigenvalue weighted by atomic mass is 9.75. The number of hydrogen-bond donors (Lipinski definition) is 0. The molecular weight excluding hydrogens is 318 g/mol. The second-order valence-corrected chi connectivity index (χ2v) is 11.0. The molecule has 0 aromatic rings. The van der Waals surface area contributed by atoms with Crippen LogP contribution in [0, 0.1) is 11.3 Å². The highest BCUT2D eigenvalue weighted by Gasteiger charge is 2.33. The Morgan fingerprint density at radius 1 is 0.769 bits per heavy atom. The molecule has 154 valence electrons. The van der Waals surface area contributed by atoms with Gasteiger partial charge < -0.3 is 4.90 Å². The molecule has 0 aromatic carbocycles. The molecule has 1 unspecified atom stereocenters. The number of piperidine rings is 1. The lowest BCUT2D eigenvalue weighted by Gasteiger charge is -2.46. The van der Waals surface area contributed by atoms with E-state index in [0.717, 1.165) is 12.0 Å². The van der Waals surface area contributed by atoms with Crippen LogP contribution >= 0.6 is 0 Å². The summed E-state index contributed by atoms with van der Waals surface area (Å²) in [5.41, 5.74) is 0.816. The van der Waals surface area contributed by atoms with Gasteiger partial charge >= 0.3 is 0 Å². The zero-order valence-corrected chi connectivity index (χ0v) is 19.1. The van der Waals surface area contributed by atoms with Crippen LogP contribution in [0.2, 0.25) is 0 Å². The average Bonchev–Trinajstić information content (AvgIpc) is 2.59. The van der Waals surface area contributed by atoms with Gasteiger partial charge in [-0.05, 0) is 84.7 Å². The minimum atomic E-state index is 0.334. The van der Waals surface area contributed by atoms with Crippen molar-refractivity contribution in [3.8, 4) is 0 Å². The SMILES string of the molecule is CC(C)N1CCN(C(C)(C)CCC(C)N2CCC(C(C)(C)C)CC2)CC1. The normalized spacial score (nSPS) is 24.3. The molecule has 0 saturated carbocycles. The lowest BCUT2D eigenvalue weighted by molar-refractivity contribution is 0.0271. The van der Waals surface area contributed by atoms with E-state index in [0.29, 0.717) is 17.0 Å². The maximum Gasteiger partial charge on any atom is 0.0154 e. The fourth-order valence-corrected chi connectivity index (χ4v) is 4.95. The van der Waals surface area contributed by atoms with Gasteiger partial charge in [-0.3, -0.25) is 9.80 Å². The van der Waals surface area contributed by atoms with Crippen LogP contribution < -0.4 is 0 Å². The first-order chi connectivity index (χ1) is 12.0. The van der Waals surface area contributed by atoms with Crippen LogP contribution in [0.1, 0.15) is 81.1 Å². The van der Waals surface area contributed by atoms with Crippen molar-refractivity contribution in [2.75, 3.05) is 39.3 Å². The van der Waals surface area contributed by atoms with Crippen LogP contribution in [-0.2, 0) is 0 Å². The third-order valence-electron chi connectivity index (χ3n) is 7.45. The summed E-state index contributed by atoms with van der Waals surface area (Å²) in [6, 6.07) is 1.42. The van der Waals surface area contributed by atoms with Gasteiger partial charge in [-0.1, -0.05) is 20.8 Å². The van der Waals surface area contributed by atoms with Crippen LogP contribution in [0.3, 0.4) is 0 Å². The van der Waals surface area contributed by atoms with Gasteiger partial charge in [0.05, 0.1) is 0 Å². The Hall–Kier alpha value is -0.120. The fraction of sp³-hybridized carbons (Fsp3) is 1.00. The van der Waals surface area contributed by atoms with Crippen LogP contribution in [0.15, 0.2) is 0 Å². The van der Waals surface area contributed by atoms with E-state index in [9.17, 15) is 0 Å². The highest BCUT2D eigenvalue weighted by Crippen LogP contribution is 2.35. The molecule has 0 aliphatic carbocycles. The fourth-order valence-electron chi connectivity index (χ4n) is 4.95. The molecule has 0 amide bonds. The molecule has 26 heavy (non-hydrogen) atoms. The maximum absolute atomic E-state index is 2.76. The van der Waals surface area contributed by atoms with E-state index in [-0.39, 0.29) is 0 Å². The van der Waals surface area contributed by atoms with Gasteiger partial charge in [0.2, 0.25) is 0 Å². The van der Waals surface area contributed by atoms with Crippen molar-refractivity contribution in [1.82, 2.24) is 14.7 Å². The molecule has 3 nitrogen and oxygen atoms in total. The topological polar surface area (TPSA) is 9.72 Å². The molecule has 2 aliphatic rings. The zero-order valence-electron chi connectivity index (χ0n) is 19.1. The molecule has 1 atom stereocenters. The highest BCUT2D eigenvalue weighted by molar-refractivity contribution is 4.88. The zero-order chi connectivity index (χ0) is 19.5. The number of hydrogen-bond acceptors (Lipinski definition) is 3. The van der Waals surface area contributed by atoms with Crippen molar-refractivity contribution >= 4 is 0 Å². The minimum absolute atomic E-state index is 0.334. The molecule has 2 fully saturated rings. The standard InChI is InChI=1S/C23H47N3/c1-19(2)24-15-17-26(18-16-24)23(7,8)12-9-20(3)25-13-10-21(11-14-25)22(4,5)6/h19-21H,9-18H2,1-8H3. The molecule has 0 spiro atoms. The molecule has 3 heteroatoms. The van der Waals surface area contributed by atoms with E-state index >= 15 is 0 Å². The first kappa shape index (κ1) is 22.2. The Labute approximate surface area is 164 Å². The van der Waals surface area contributed by atoms with Gasteiger partial charge in [0.1, 0.15) is 0 Å². The van der Waals surface area contributed by atoms with Crippen molar-refractivity contribution < 1.29 is 0 Å². The van der Waals surface area contributed by atoms with Crippen molar-refractivity contribution in [1.29, 1.82) is 0 Å². The molecule has 2 rings (SSSR count). The molecule has 2 saturated heterocycles. The van der Waals surface area contributed by atoms with E-state index in [1.807, 2.05) is 0 Å². The summed E-state index contributed by atoms with van der Waals surface area (Å²) in [6.45, 7) is 26.8. The molecule has 2 aliphatic heterocycles. The Balaban J connectivity index is 1.75. The van der Waals surface area contributed by atoms with Gasteiger partial charge in [-0.2, -0.15) is 0 Å². The van der Waals surface area contributed by atoms with Crippen LogP contribution in [-0.4, -0.2) is 71.6 Å². The molecule has 2 heterocycles. The van der Waals surface area contributed by atoms with Gasteiger partial charge in [0, 0.05) is 43.8 Å². The summed E-state index contributed by atoms with van der Waals surface area (Å²) in [7, 11) is 0. The summed E-state index contributed by atoms with van der Waals surface area (Å²) in [4.78, 5) is 8.12. The van der Waals surface area contributed by atoms with Crippen molar-refractivity contribution in [2.24, 2.45) is 11.3 Å². The highest BCUT2D eigenvalue weighted by atomic mass is 15.3. The Morgan fingerprint density at radius 2 is 1.31 bits per heavy atom. The van der Waals surface area contributed by atoms with Crippen molar-refractivity contribution in [3.05, 3.63) is 0 Å². The van der Waals surface area contributed by atoms with Gasteiger partial charge in [0.15, 0.2) is 0 Å². The second kappa shape index (κ2) is 8.92. The van der Waals surface area contributed by atoms with Crippen molar-refractivity contribution in [2.45, 2.75) is 98.7 Å². The predicted molar refractivity (Wildman–Crippen MR) is 115 cm³/mol. The largest absolute Gasteiger partial charge is 0.301 e. The van der Waals surface area contributed by atoms with Crippen LogP contribution in [0.5, 0.6) is 0 Å². The van der Waals surface area contributed by atoms with Gasteiger partial charge in [0.25, 0.3) is 0 Å². The van der Waals surface area contributed by atoms with Gasteiger partial charge in [-0.25, -0.2) is 0 Å². The summed E-state index contributed by atoms with van der Waals surface area (Å²) in [5, 5.41) is 0. The third-order valence-corrected chi connectivity index (χ3v) is 7.45. The number of piperazine rings is 1. The lowest BCUT2D eigenvalue weighted by Crippen LogP contribution is -2.56. The van der Waals surface area contributed by atoms with E-state index in [4.69, 9.17) is 0 Å². The second-order valence-electron chi connectivity index (χ2n) is 11.0. The molecule has 0 aromatic heterocycles. The molecule has 0 bridgehead atoms. The first-order valence-corrected chi connectivity index (χ1v) is 11.2. The smallest absolute Gasteiger partial charge is 0.0154 e. The summed E-state index contributed by atoms with van der Waals surface area (Å²) < 4.78 is 0. The third kappa shape index (κ3) is 5.94. The molecule has 0 radical (unpaired) electrons. The Bertz CT molecular complexity index is 408. The van der Waals surface area contributed by atoms with Crippen molar-refractivity contribution in [3.63, 3.8) is 0 Å². The van der Waals surface area contributed by atoms with Crippen LogP contribution in [0.25, 0.3) is 0 Å². The number of rotatable bonds is 6. The first-order valence-electron chi connectivity index (χ1n) is 11.2. The Kier molecular flexibility index (Phi) is 7.61. The Morgan fingerprint density at radius 3 is 1.77 bits per heavy atom. The quantitative estimate of drug-likeness (QED) is 0.674. The average molecular weight is 366 g/mol. The maximum atomic E-state index is 2.76. The molecular formula is C23H47N3. The number of nitrogens with zero attached hydrogens (tertiary/aromatic N) is 3.